The summed E-state index contributed by atoms with van der Waals surface area (Å²) in [7, 11) is 0. The van der Waals surface area contributed by atoms with E-state index >= 15 is 0 Å². The highest BCUT2D eigenvalue weighted by molar-refractivity contribution is 7.26. The molecule has 0 fully saturated rings. The molecule has 1 unspecified atom stereocenters. The van der Waals surface area contributed by atoms with E-state index in [1.54, 1.807) is 0 Å². The standard InChI is InChI=1S/C52H34N2S/c1-52(38-20-6-3-7-21-38)44-25-12-10-23-40(44)41-28-27-37(31-45(41)52)47-32-46(53-51(54-47)33-15-4-2-5-16-33)36-19-14-18-34(29-36)43-30-35-17-8-9-22-39(35)50-49(43)42-24-11-13-26-48(42)55-50/h2-32H,1H3. The lowest BCUT2D eigenvalue weighted by atomic mass is 9.74. The highest BCUT2D eigenvalue weighted by Gasteiger charge is 2.40. The quantitative estimate of drug-likeness (QED) is 0.177. The van der Waals surface area contributed by atoms with Gasteiger partial charge in [0.25, 0.3) is 0 Å². The van der Waals surface area contributed by atoms with Gasteiger partial charge in [-0.15, -0.1) is 11.3 Å². The van der Waals surface area contributed by atoms with Crippen molar-refractivity contribution >= 4 is 42.3 Å². The molecule has 0 amide bonds. The fourth-order valence-electron chi connectivity index (χ4n) is 8.83. The Hall–Kier alpha value is -6.68. The molecule has 2 nitrogen and oxygen atoms in total. The minimum atomic E-state index is -0.299. The van der Waals surface area contributed by atoms with E-state index in [9.17, 15) is 0 Å². The lowest BCUT2D eigenvalue weighted by Crippen LogP contribution is -2.22. The zero-order chi connectivity index (χ0) is 36.5. The number of fused-ring (bicyclic) bond motifs is 8. The van der Waals surface area contributed by atoms with Gasteiger partial charge in [-0.25, -0.2) is 9.97 Å². The predicted octanol–water partition coefficient (Wildman–Crippen LogP) is 14.0. The molecule has 258 valence electrons. The topological polar surface area (TPSA) is 25.8 Å². The van der Waals surface area contributed by atoms with Gasteiger partial charge in [0.2, 0.25) is 0 Å². The first-order chi connectivity index (χ1) is 27.1. The fraction of sp³-hybridized carbons (Fsp3) is 0.0385. The van der Waals surface area contributed by atoms with Crippen molar-refractivity contribution in [2.24, 2.45) is 0 Å². The first-order valence-corrected chi connectivity index (χ1v) is 19.6. The van der Waals surface area contributed by atoms with Gasteiger partial charge in [-0.2, -0.15) is 0 Å². The number of thiophene rings is 1. The summed E-state index contributed by atoms with van der Waals surface area (Å²) in [5.74, 6) is 0.713. The van der Waals surface area contributed by atoms with Crippen LogP contribution in [0.15, 0.2) is 188 Å². The molecule has 1 aliphatic rings. The molecule has 2 heterocycles. The Morgan fingerprint density at radius 3 is 1.91 bits per heavy atom. The van der Waals surface area contributed by atoms with Gasteiger partial charge >= 0.3 is 0 Å². The predicted molar refractivity (Wildman–Crippen MR) is 232 cm³/mol. The number of aromatic nitrogens is 2. The van der Waals surface area contributed by atoms with E-state index in [4.69, 9.17) is 9.97 Å². The van der Waals surface area contributed by atoms with Crippen molar-refractivity contribution in [3.63, 3.8) is 0 Å². The molecule has 0 radical (unpaired) electrons. The van der Waals surface area contributed by atoms with Crippen molar-refractivity contribution in [3.05, 3.63) is 205 Å². The average molecular weight is 719 g/mol. The van der Waals surface area contributed by atoms with Gasteiger partial charge < -0.3 is 0 Å². The third-order valence-corrected chi connectivity index (χ3v) is 12.8. The van der Waals surface area contributed by atoms with Gasteiger partial charge in [0, 0.05) is 42.3 Å². The second-order valence-corrected chi connectivity index (χ2v) is 15.7. The molecule has 1 atom stereocenters. The van der Waals surface area contributed by atoms with E-state index in [0.717, 1.165) is 28.1 Å². The molecule has 0 saturated heterocycles. The molecule has 2 aromatic heterocycles. The summed E-state index contributed by atoms with van der Waals surface area (Å²) < 4.78 is 2.64. The van der Waals surface area contributed by atoms with E-state index in [0.29, 0.717) is 5.82 Å². The van der Waals surface area contributed by atoms with Crippen molar-refractivity contribution in [1.82, 2.24) is 9.97 Å². The van der Waals surface area contributed by atoms with Crippen molar-refractivity contribution in [2.75, 3.05) is 0 Å². The van der Waals surface area contributed by atoms with E-state index in [2.05, 4.69) is 189 Å². The largest absolute Gasteiger partial charge is 0.228 e. The third kappa shape index (κ3) is 5.01. The van der Waals surface area contributed by atoms with E-state index in [1.807, 2.05) is 17.4 Å². The molecule has 10 aromatic rings. The second kappa shape index (κ2) is 12.4. The first-order valence-electron chi connectivity index (χ1n) is 18.8. The van der Waals surface area contributed by atoms with Gasteiger partial charge in [0.1, 0.15) is 0 Å². The summed E-state index contributed by atoms with van der Waals surface area (Å²) in [6.07, 6.45) is 0. The molecular formula is C52H34N2S. The van der Waals surface area contributed by atoms with Crippen LogP contribution in [0.25, 0.3) is 87.1 Å². The molecule has 1 aliphatic carbocycles. The third-order valence-electron chi connectivity index (χ3n) is 11.6. The van der Waals surface area contributed by atoms with Crippen LogP contribution in [0.4, 0.5) is 0 Å². The average Bonchev–Trinajstić information content (AvgIpc) is 3.78. The van der Waals surface area contributed by atoms with Crippen LogP contribution in [-0.2, 0) is 5.41 Å². The molecule has 55 heavy (non-hydrogen) atoms. The normalized spacial score (nSPS) is 14.7. The van der Waals surface area contributed by atoms with E-state index < -0.39 is 0 Å². The summed E-state index contributed by atoms with van der Waals surface area (Å²) in [4.78, 5) is 10.5. The van der Waals surface area contributed by atoms with Crippen LogP contribution in [0.5, 0.6) is 0 Å². The van der Waals surface area contributed by atoms with Gasteiger partial charge in [-0.3, -0.25) is 0 Å². The Morgan fingerprint density at radius 1 is 0.436 bits per heavy atom. The Bertz CT molecular complexity index is 3110. The minimum absolute atomic E-state index is 0.299. The van der Waals surface area contributed by atoms with Gasteiger partial charge in [-0.1, -0.05) is 158 Å². The monoisotopic (exact) mass is 718 g/mol. The Labute approximate surface area is 324 Å². The number of hydrogen-bond acceptors (Lipinski definition) is 3. The van der Waals surface area contributed by atoms with Gasteiger partial charge in [0.05, 0.1) is 11.4 Å². The molecule has 0 spiro atoms. The molecule has 0 N–H and O–H groups in total. The zero-order valence-corrected chi connectivity index (χ0v) is 31.0. The van der Waals surface area contributed by atoms with Crippen LogP contribution < -0.4 is 0 Å². The first kappa shape index (κ1) is 31.8. The van der Waals surface area contributed by atoms with Crippen molar-refractivity contribution in [2.45, 2.75) is 12.3 Å². The summed E-state index contributed by atoms with van der Waals surface area (Å²) >= 11 is 1.88. The van der Waals surface area contributed by atoms with Crippen molar-refractivity contribution < 1.29 is 0 Å². The summed E-state index contributed by atoms with van der Waals surface area (Å²) in [5, 5.41) is 5.15. The summed E-state index contributed by atoms with van der Waals surface area (Å²) in [6, 6.07) is 68.0. The number of hydrogen-bond donors (Lipinski definition) is 0. The molecule has 3 heteroatoms. The highest BCUT2D eigenvalue weighted by atomic mass is 32.1. The number of benzene rings is 8. The lowest BCUT2D eigenvalue weighted by molar-refractivity contribution is 0.714. The van der Waals surface area contributed by atoms with Crippen LogP contribution in [0.1, 0.15) is 23.6 Å². The Morgan fingerprint density at radius 2 is 1.07 bits per heavy atom. The smallest absolute Gasteiger partial charge is 0.160 e. The number of nitrogens with zero attached hydrogens (tertiary/aromatic N) is 2. The van der Waals surface area contributed by atoms with Crippen LogP contribution in [0.3, 0.4) is 0 Å². The zero-order valence-electron chi connectivity index (χ0n) is 30.2. The van der Waals surface area contributed by atoms with Gasteiger partial charge in [0.15, 0.2) is 5.82 Å². The fourth-order valence-corrected chi connectivity index (χ4v) is 10.1. The van der Waals surface area contributed by atoms with Crippen molar-refractivity contribution in [3.8, 4) is 56.2 Å². The number of rotatable bonds is 5. The van der Waals surface area contributed by atoms with Crippen LogP contribution in [-0.4, -0.2) is 9.97 Å². The lowest BCUT2D eigenvalue weighted by Gasteiger charge is -2.28. The van der Waals surface area contributed by atoms with Crippen LogP contribution in [0, 0.1) is 0 Å². The Kier molecular flexibility index (Phi) is 7.20. The molecule has 8 aromatic carbocycles. The SMILES string of the molecule is CC1(c2ccccc2)c2ccccc2-c2ccc(-c3cc(-c4cccc(-c5cc6ccccc6c6sc7ccccc7c56)c4)nc(-c4ccccc4)n3)cc21. The molecular weight excluding hydrogens is 685 g/mol. The van der Waals surface area contributed by atoms with E-state index in [-0.39, 0.29) is 5.41 Å². The summed E-state index contributed by atoms with van der Waals surface area (Å²) in [6.45, 7) is 2.36. The highest BCUT2D eigenvalue weighted by Crippen LogP contribution is 2.53. The molecule has 0 aliphatic heterocycles. The van der Waals surface area contributed by atoms with Gasteiger partial charge in [-0.05, 0) is 87.0 Å². The summed E-state index contributed by atoms with van der Waals surface area (Å²) in [5.41, 5.74) is 13.5. The van der Waals surface area contributed by atoms with Crippen LogP contribution >= 0.6 is 11.3 Å². The molecule has 11 rings (SSSR count). The van der Waals surface area contributed by atoms with E-state index in [1.165, 1.54) is 69.9 Å². The maximum atomic E-state index is 5.27. The second-order valence-electron chi connectivity index (χ2n) is 14.7. The maximum absolute atomic E-state index is 5.27. The van der Waals surface area contributed by atoms with Crippen LogP contribution in [0.2, 0.25) is 0 Å². The Balaban J connectivity index is 1.10. The minimum Gasteiger partial charge on any atom is -0.228 e. The molecule has 0 saturated carbocycles. The van der Waals surface area contributed by atoms with Crippen molar-refractivity contribution in [1.29, 1.82) is 0 Å². The maximum Gasteiger partial charge on any atom is 0.160 e. The molecule has 0 bridgehead atoms.